The van der Waals surface area contributed by atoms with E-state index in [-0.39, 0.29) is 0 Å². The molecule has 0 bridgehead atoms. The number of benzene rings is 11. The second-order valence-electron chi connectivity index (χ2n) is 18.7. The van der Waals surface area contributed by atoms with Crippen molar-refractivity contribution in [2.24, 2.45) is 0 Å². The number of fused-ring (bicyclic) bond motifs is 15. The van der Waals surface area contributed by atoms with Gasteiger partial charge in [-0.1, -0.05) is 194 Å². The fraction of sp³-hybridized carbons (Fsp3) is 0.0149. The molecule has 1 aliphatic heterocycles. The molecule has 0 amide bonds. The molecule has 70 heavy (non-hydrogen) atoms. The molecular formula is C67H42N2O. The SMILES string of the molecule is c1ccc(-c2ccc(-c3ccccc3N(c3ccc(-c4ccc5oc6ccccc6c5c4)cc3)c3ccc4c(c3)C3(c5ccccc5-c5ccccc53)c3cccc5c6ccccc6n-4c35)cc2)cc1. The van der Waals surface area contributed by atoms with E-state index in [9.17, 15) is 0 Å². The second-order valence-corrected chi connectivity index (χ2v) is 18.7. The average Bonchev–Trinajstić information content (AvgIpc) is 4.09. The lowest BCUT2D eigenvalue weighted by Crippen LogP contribution is -2.33. The minimum Gasteiger partial charge on any atom is -0.456 e. The maximum atomic E-state index is 6.23. The van der Waals surface area contributed by atoms with Gasteiger partial charge in [-0.15, -0.1) is 0 Å². The third-order valence-corrected chi connectivity index (χ3v) is 15.2. The van der Waals surface area contributed by atoms with Crippen LogP contribution in [0, 0.1) is 0 Å². The Kier molecular flexibility index (Phi) is 8.28. The Morgan fingerprint density at radius 1 is 0.329 bits per heavy atom. The lowest BCUT2D eigenvalue weighted by molar-refractivity contribution is 0.669. The van der Waals surface area contributed by atoms with E-state index in [1.54, 1.807) is 0 Å². The summed E-state index contributed by atoms with van der Waals surface area (Å²) < 4.78 is 8.76. The van der Waals surface area contributed by atoms with Gasteiger partial charge in [-0.3, -0.25) is 0 Å². The van der Waals surface area contributed by atoms with Crippen LogP contribution < -0.4 is 4.90 Å². The maximum Gasteiger partial charge on any atom is 0.135 e. The highest BCUT2D eigenvalue weighted by atomic mass is 16.3. The Balaban J connectivity index is 0.974. The number of hydrogen-bond acceptors (Lipinski definition) is 2. The van der Waals surface area contributed by atoms with Crippen LogP contribution in [0.4, 0.5) is 17.1 Å². The van der Waals surface area contributed by atoms with Gasteiger partial charge in [0.2, 0.25) is 0 Å². The number of hydrogen-bond donors (Lipinski definition) is 0. The minimum atomic E-state index is -0.583. The number of furan rings is 1. The standard InChI is InChI=1S/C67H42N2O/c1-2-15-43(16-3-1)44-29-31-46(32-30-44)50-17-6-11-26-61(50)68(48-36-33-45(34-37-48)47-35-40-65-56(41-47)54-21-8-13-28-64(54)70-65)49-38-39-63-60(42-49)67(57-23-9-4-18-51(57)52-19-5-10-24-58(52)67)59-25-14-22-55-53-20-7-12-27-62(53)69(63)66(55)59/h1-42H. The first-order chi connectivity index (χ1) is 34.7. The highest BCUT2D eigenvalue weighted by Crippen LogP contribution is 2.61. The Bertz CT molecular complexity index is 4190. The van der Waals surface area contributed by atoms with E-state index in [4.69, 9.17) is 4.42 Å². The molecule has 0 fully saturated rings. The number of nitrogens with zero attached hydrogens (tertiary/aromatic N) is 2. The van der Waals surface area contributed by atoms with Crippen LogP contribution in [0.15, 0.2) is 259 Å². The molecule has 3 heteroatoms. The van der Waals surface area contributed by atoms with Crippen LogP contribution in [0.25, 0.3) is 93.9 Å². The lowest BCUT2D eigenvalue weighted by atomic mass is 9.65. The van der Waals surface area contributed by atoms with E-state index in [0.717, 1.165) is 61.3 Å². The van der Waals surface area contributed by atoms with Crippen molar-refractivity contribution in [1.29, 1.82) is 0 Å². The van der Waals surface area contributed by atoms with Gasteiger partial charge in [0.25, 0.3) is 0 Å². The van der Waals surface area contributed by atoms with Gasteiger partial charge in [-0.2, -0.15) is 0 Å². The summed E-state index contributed by atoms with van der Waals surface area (Å²) in [6.45, 7) is 0. The van der Waals surface area contributed by atoms with Gasteiger partial charge in [-0.25, -0.2) is 0 Å². The molecule has 0 N–H and O–H groups in total. The summed E-state index contributed by atoms with van der Waals surface area (Å²) in [6.07, 6.45) is 0. The third-order valence-electron chi connectivity index (χ3n) is 15.2. The molecule has 15 rings (SSSR count). The van der Waals surface area contributed by atoms with Crippen molar-refractivity contribution in [3.8, 4) is 50.2 Å². The smallest absolute Gasteiger partial charge is 0.135 e. The number of para-hydroxylation sites is 4. The predicted octanol–water partition coefficient (Wildman–Crippen LogP) is 17.8. The maximum absolute atomic E-state index is 6.23. The summed E-state index contributed by atoms with van der Waals surface area (Å²) in [6, 6.07) is 93.8. The van der Waals surface area contributed by atoms with E-state index in [0.29, 0.717) is 0 Å². The predicted molar refractivity (Wildman–Crippen MR) is 290 cm³/mol. The first kappa shape index (κ1) is 38.9. The zero-order valence-corrected chi connectivity index (χ0v) is 38.1. The number of rotatable bonds is 6. The Morgan fingerprint density at radius 2 is 0.886 bits per heavy atom. The molecule has 0 radical (unpaired) electrons. The van der Waals surface area contributed by atoms with Crippen LogP contribution in [0.5, 0.6) is 0 Å². The van der Waals surface area contributed by atoms with E-state index in [1.165, 1.54) is 72.0 Å². The molecule has 2 aromatic heterocycles. The van der Waals surface area contributed by atoms with Crippen LogP contribution in [-0.4, -0.2) is 4.57 Å². The highest BCUT2D eigenvalue weighted by molar-refractivity contribution is 6.13. The zero-order valence-electron chi connectivity index (χ0n) is 38.1. The largest absolute Gasteiger partial charge is 0.456 e. The molecule has 2 aliphatic rings. The molecule has 326 valence electrons. The van der Waals surface area contributed by atoms with Gasteiger partial charge in [0, 0.05) is 38.5 Å². The van der Waals surface area contributed by atoms with E-state index >= 15 is 0 Å². The molecule has 11 aromatic carbocycles. The second kappa shape index (κ2) is 14.9. The molecule has 0 unspecified atom stereocenters. The number of anilines is 3. The zero-order chi connectivity index (χ0) is 45.9. The molecule has 0 saturated carbocycles. The van der Waals surface area contributed by atoms with Crippen LogP contribution in [-0.2, 0) is 5.41 Å². The topological polar surface area (TPSA) is 21.3 Å². The molecule has 0 saturated heterocycles. The van der Waals surface area contributed by atoms with E-state index in [2.05, 4.69) is 252 Å². The van der Waals surface area contributed by atoms with Crippen molar-refractivity contribution in [1.82, 2.24) is 4.57 Å². The average molecular weight is 891 g/mol. The molecule has 3 heterocycles. The summed E-state index contributed by atoms with van der Waals surface area (Å²) in [5, 5.41) is 4.79. The Hall–Kier alpha value is -9.18. The highest BCUT2D eigenvalue weighted by Gasteiger charge is 2.51. The molecule has 3 nitrogen and oxygen atoms in total. The van der Waals surface area contributed by atoms with Gasteiger partial charge in [0.15, 0.2) is 0 Å². The molecular weight excluding hydrogens is 849 g/mol. The quantitative estimate of drug-likeness (QED) is 0.166. The van der Waals surface area contributed by atoms with Gasteiger partial charge >= 0.3 is 0 Å². The van der Waals surface area contributed by atoms with Crippen LogP contribution in [0.1, 0.15) is 22.3 Å². The van der Waals surface area contributed by atoms with E-state index < -0.39 is 5.41 Å². The van der Waals surface area contributed by atoms with Crippen molar-refractivity contribution < 1.29 is 4.42 Å². The normalized spacial score (nSPS) is 13.0. The summed E-state index contributed by atoms with van der Waals surface area (Å²) in [4.78, 5) is 2.47. The Labute approximate surface area is 405 Å². The van der Waals surface area contributed by atoms with Crippen molar-refractivity contribution in [3.63, 3.8) is 0 Å². The molecule has 0 atom stereocenters. The minimum absolute atomic E-state index is 0.583. The fourth-order valence-corrected chi connectivity index (χ4v) is 12.2. The summed E-state index contributed by atoms with van der Waals surface area (Å²) in [5.74, 6) is 0. The first-order valence-corrected chi connectivity index (χ1v) is 24.2. The summed E-state index contributed by atoms with van der Waals surface area (Å²) in [7, 11) is 0. The van der Waals surface area contributed by atoms with Crippen LogP contribution in [0.3, 0.4) is 0 Å². The fourth-order valence-electron chi connectivity index (χ4n) is 12.2. The van der Waals surface area contributed by atoms with Gasteiger partial charge < -0.3 is 13.9 Å². The third kappa shape index (κ3) is 5.46. The molecule has 1 aliphatic carbocycles. The van der Waals surface area contributed by atoms with Gasteiger partial charge in [0.1, 0.15) is 11.2 Å². The van der Waals surface area contributed by atoms with Gasteiger partial charge in [-0.05, 0) is 122 Å². The van der Waals surface area contributed by atoms with Crippen molar-refractivity contribution >= 4 is 60.8 Å². The van der Waals surface area contributed by atoms with Gasteiger partial charge in [0.05, 0.1) is 27.8 Å². The van der Waals surface area contributed by atoms with Crippen molar-refractivity contribution in [2.75, 3.05) is 4.90 Å². The van der Waals surface area contributed by atoms with Crippen molar-refractivity contribution in [2.45, 2.75) is 5.41 Å². The number of aromatic nitrogens is 1. The van der Waals surface area contributed by atoms with Crippen LogP contribution in [0.2, 0.25) is 0 Å². The first-order valence-electron chi connectivity index (χ1n) is 24.2. The molecule has 13 aromatic rings. The monoisotopic (exact) mass is 890 g/mol. The van der Waals surface area contributed by atoms with Crippen molar-refractivity contribution in [3.05, 3.63) is 277 Å². The summed E-state index contributed by atoms with van der Waals surface area (Å²) >= 11 is 0. The lowest BCUT2D eigenvalue weighted by Gasteiger charge is -2.40. The van der Waals surface area contributed by atoms with E-state index in [1.807, 2.05) is 12.1 Å². The molecule has 1 spiro atoms. The van der Waals surface area contributed by atoms with Crippen LogP contribution >= 0.6 is 0 Å². The summed E-state index contributed by atoms with van der Waals surface area (Å²) in [5.41, 5.74) is 22.9. The Morgan fingerprint density at radius 3 is 1.69 bits per heavy atom.